The number of rotatable bonds is 9. The maximum atomic E-state index is 13.1. The van der Waals surface area contributed by atoms with Crippen LogP contribution in [0.3, 0.4) is 0 Å². The first kappa shape index (κ1) is 24.9. The van der Waals surface area contributed by atoms with E-state index in [1.54, 1.807) is 13.0 Å². The Bertz CT molecular complexity index is 955. The lowest BCUT2D eigenvalue weighted by Gasteiger charge is -2.37. The van der Waals surface area contributed by atoms with Crippen LogP contribution in [0.1, 0.15) is 31.1 Å². The summed E-state index contributed by atoms with van der Waals surface area (Å²) in [5, 5.41) is 6.27. The van der Waals surface area contributed by atoms with Crippen LogP contribution in [0, 0.1) is 0 Å². The van der Waals surface area contributed by atoms with Crippen molar-refractivity contribution in [2.24, 2.45) is 0 Å². The van der Waals surface area contributed by atoms with E-state index in [2.05, 4.69) is 20.4 Å². The predicted octanol–water partition coefficient (Wildman–Crippen LogP) is 2.67. The molecular weight excluding hydrogens is 440 g/mol. The normalized spacial score (nSPS) is 15.6. The molecule has 0 radical (unpaired) electrons. The fourth-order valence-electron chi connectivity index (χ4n) is 3.74. The first-order chi connectivity index (χ1) is 15.9. The van der Waals surface area contributed by atoms with Gasteiger partial charge in [0, 0.05) is 37.6 Å². The lowest BCUT2D eigenvalue weighted by molar-refractivity contribution is -0.124. The standard InChI is InChI=1S/C24H32N4O4S/c1-4-25-21(29)16-27-11-13-28(14-12-27)17(3)22(30)26-23-19(24(31)32-5-2)15-20(33-23)18-9-7-6-8-10-18/h6-10,15,17H,4-5,11-14,16H2,1-3H3,(H,25,29)(H,26,30). The van der Waals surface area contributed by atoms with Gasteiger partial charge in [0.25, 0.3) is 0 Å². The van der Waals surface area contributed by atoms with Gasteiger partial charge in [0.1, 0.15) is 5.00 Å². The van der Waals surface area contributed by atoms with Crippen molar-refractivity contribution in [3.63, 3.8) is 0 Å². The number of ether oxygens (including phenoxy) is 1. The number of likely N-dealkylation sites (N-methyl/N-ethyl adjacent to an activating group) is 1. The van der Waals surface area contributed by atoms with E-state index in [1.807, 2.05) is 44.2 Å². The Kier molecular flexibility index (Phi) is 8.99. The highest BCUT2D eigenvalue weighted by atomic mass is 32.1. The molecule has 0 saturated carbocycles. The maximum Gasteiger partial charge on any atom is 0.341 e. The number of nitrogens with zero attached hydrogens (tertiary/aromatic N) is 2. The lowest BCUT2D eigenvalue weighted by atomic mass is 10.1. The van der Waals surface area contributed by atoms with E-state index in [0.717, 1.165) is 23.5 Å². The molecule has 33 heavy (non-hydrogen) atoms. The molecule has 2 aromatic rings. The van der Waals surface area contributed by atoms with Crippen molar-refractivity contribution in [2.75, 3.05) is 51.2 Å². The highest BCUT2D eigenvalue weighted by molar-refractivity contribution is 7.20. The second-order valence-corrected chi connectivity index (χ2v) is 8.92. The molecule has 3 rings (SSSR count). The molecule has 1 aliphatic rings. The van der Waals surface area contributed by atoms with Crippen LogP contribution in [-0.4, -0.2) is 79.5 Å². The van der Waals surface area contributed by atoms with Crippen LogP contribution in [0.2, 0.25) is 0 Å². The molecule has 2 N–H and O–H groups in total. The highest BCUT2D eigenvalue weighted by Gasteiger charge is 2.28. The third kappa shape index (κ3) is 6.63. The van der Waals surface area contributed by atoms with Gasteiger partial charge < -0.3 is 15.4 Å². The largest absolute Gasteiger partial charge is 0.462 e. The fraction of sp³-hybridized carbons (Fsp3) is 0.458. The van der Waals surface area contributed by atoms with E-state index in [9.17, 15) is 14.4 Å². The van der Waals surface area contributed by atoms with Gasteiger partial charge in [-0.2, -0.15) is 0 Å². The molecule has 0 aliphatic carbocycles. The molecule has 1 saturated heterocycles. The molecule has 1 aromatic carbocycles. The number of anilines is 1. The summed E-state index contributed by atoms with van der Waals surface area (Å²) < 4.78 is 5.20. The van der Waals surface area contributed by atoms with Gasteiger partial charge >= 0.3 is 5.97 Å². The number of benzene rings is 1. The van der Waals surface area contributed by atoms with Crippen LogP contribution in [0.5, 0.6) is 0 Å². The van der Waals surface area contributed by atoms with E-state index in [4.69, 9.17) is 4.74 Å². The summed E-state index contributed by atoms with van der Waals surface area (Å²) in [6, 6.07) is 11.1. The molecule has 1 fully saturated rings. The minimum absolute atomic E-state index is 0.0233. The van der Waals surface area contributed by atoms with E-state index in [-0.39, 0.29) is 24.5 Å². The Morgan fingerprint density at radius 1 is 1.09 bits per heavy atom. The molecular formula is C24H32N4O4S. The summed E-state index contributed by atoms with van der Waals surface area (Å²) in [5.74, 6) is -0.591. The van der Waals surface area contributed by atoms with Gasteiger partial charge in [-0.1, -0.05) is 30.3 Å². The zero-order chi connectivity index (χ0) is 23.8. The van der Waals surface area contributed by atoms with Gasteiger partial charge in [0.15, 0.2) is 0 Å². The molecule has 1 aliphatic heterocycles. The van der Waals surface area contributed by atoms with Crippen molar-refractivity contribution in [1.29, 1.82) is 0 Å². The summed E-state index contributed by atoms with van der Waals surface area (Å²) >= 11 is 1.37. The Labute approximate surface area is 198 Å². The third-order valence-corrected chi connectivity index (χ3v) is 6.70. The number of esters is 1. The fourth-order valence-corrected chi connectivity index (χ4v) is 4.79. The van der Waals surface area contributed by atoms with Crippen molar-refractivity contribution >= 4 is 34.1 Å². The molecule has 1 aromatic heterocycles. The molecule has 8 nitrogen and oxygen atoms in total. The van der Waals surface area contributed by atoms with E-state index in [0.29, 0.717) is 36.7 Å². The van der Waals surface area contributed by atoms with Crippen LogP contribution in [0.15, 0.2) is 36.4 Å². The Hall–Kier alpha value is -2.75. The Balaban J connectivity index is 1.66. The number of amides is 2. The van der Waals surface area contributed by atoms with Crippen molar-refractivity contribution in [3.8, 4) is 10.4 Å². The average Bonchev–Trinajstić information content (AvgIpc) is 3.24. The number of hydrogen-bond donors (Lipinski definition) is 2. The minimum Gasteiger partial charge on any atom is -0.462 e. The number of nitrogens with one attached hydrogen (secondary N) is 2. The number of hydrogen-bond acceptors (Lipinski definition) is 7. The first-order valence-corrected chi connectivity index (χ1v) is 12.1. The molecule has 2 amide bonds. The Morgan fingerprint density at radius 3 is 2.42 bits per heavy atom. The number of thiophene rings is 1. The number of carbonyl (C=O) groups is 3. The smallest absolute Gasteiger partial charge is 0.341 e. The third-order valence-electron chi connectivity index (χ3n) is 5.60. The minimum atomic E-state index is -0.446. The van der Waals surface area contributed by atoms with E-state index >= 15 is 0 Å². The lowest BCUT2D eigenvalue weighted by Crippen LogP contribution is -2.54. The zero-order valence-corrected chi connectivity index (χ0v) is 20.2. The molecule has 9 heteroatoms. The van der Waals surface area contributed by atoms with Gasteiger partial charge in [-0.25, -0.2) is 4.79 Å². The van der Waals surface area contributed by atoms with Gasteiger partial charge in [-0.05, 0) is 32.4 Å². The SMILES string of the molecule is CCNC(=O)CN1CCN(C(C)C(=O)Nc2sc(-c3ccccc3)cc2C(=O)OCC)CC1. The molecule has 0 bridgehead atoms. The van der Waals surface area contributed by atoms with Crippen LogP contribution in [0.4, 0.5) is 5.00 Å². The summed E-state index contributed by atoms with van der Waals surface area (Å²) in [6.07, 6.45) is 0. The van der Waals surface area contributed by atoms with Crippen LogP contribution >= 0.6 is 11.3 Å². The first-order valence-electron chi connectivity index (χ1n) is 11.3. The van der Waals surface area contributed by atoms with Gasteiger partial charge in [0.05, 0.1) is 24.8 Å². The molecule has 2 heterocycles. The van der Waals surface area contributed by atoms with Gasteiger partial charge in [-0.15, -0.1) is 11.3 Å². The number of carbonyl (C=O) groups excluding carboxylic acids is 3. The van der Waals surface area contributed by atoms with Crippen LogP contribution in [0.25, 0.3) is 10.4 Å². The molecule has 0 spiro atoms. The second-order valence-electron chi connectivity index (χ2n) is 7.87. The van der Waals surface area contributed by atoms with Crippen LogP contribution < -0.4 is 10.6 Å². The molecule has 178 valence electrons. The van der Waals surface area contributed by atoms with E-state index < -0.39 is 5.97 Å². The summed E-state index contributed by atoms with van der Waals surface area (Å²) in [7, 11) is 0. The zero-order valence-electron chi connectivity index (χ0n) is 19.4. The van der Waals surface area contributed by atoms with E-state index in [1.165, 1.54) is 11.3 Å². The Morgan fingerprint density at radius 2 is 1.79 bits per heavy atom. The quantitative estimate of drug-likeness (QED) is 0.546. The average molecular weight is 473 g/mol. The second kappa shape index (κ2) is 11.9. The van der Waals surface area contributed by atoms with Gasteiger partial charge in [0.2, 0.25) is 11.8 Å². The van der Waals surface area contributed by atoms with Crippen molar-refractivity contribution in [2.45, 2.75) is 26.8 Å². The summed E-state index contributed by atoms with van der Waals surface area (Å²) in [4.78, 5) is 42.5. The maximum absolute atomic E-state index is 13.1. The topological polar surface area (TPSA) is 91.0 Å². The van der Waals surface area contributed by atoms with Gasteiger partial charge in [-0.3, -0.25) is 19.4 Å². The molecule has 1 atom stereocenters. The predicted molar refractivity (Wildman–Crippen MR) is 130 cm³/mol. The number of piperazine rings is 1. The van der Waals surface area contributed by atoms with Crippen molar-refractivity contribution < 1.29 is 19.1 Å². The summed E-state index contributed by atoms with van der Waals surface area (Å²) in [6.45, 7) is 9.62. The highest BCUT2D eigenvalue weighted by Crippen LogP contribution is 2.36. The molecule has 1 unspecified atom stereocenters. The van der Waals surface area contributed by atoms with Crippen LogP contribution in [-0.2, 0) is 14.3 Å². The monoisotopic (exact) mass is 472 g/mol. The summed E-state index contributed by atoms with van der Waals surface area (Å²) in [5.41, 5.74) is 1.35. The van der Waals surface area contributed by atoms with Crippen molar-refractivity contribution in [1.82, 2.24) is 15.1 Å². The van der Waals surface area contributed by atoms with Crippen molar-refractivity contribution in [3.05, 3.63) is 42.0 Å².